The van der Waals surface area contributed by atoms with Gasteiger partial charge in [-0.1, -0.05) is 0 Å². The summed E-state index contributed by atoms with van der Waals surface area (Å²) in [4.78, 5) is 10.6. The average molecular weight is 376 g/mol. The third kappa shape index (κ3) is 5.96. The van der Waals surface area contributed by atoms with Gasteiger partial charge in [0.1, 0.15) is 0 Å². The molecule has 0 amide bonds. The fourth-order valence-corrected chi connectivity index (χ4v) is 2.00. The molecule has 1 aromatic rings. The van der Waals surface area contributed by atoms with E-state index in [1.165, 1.54) is 6.21 Å². The summed E-state index contributed by atoms with van der Waals surface area (Å²) in [5.74, 6) is -0.348. The molecule has 114 valence electrons. The Balaban J connectivity index is 3.02. The van der Waals surface area contributed by atoms with Crippen molar-refractivity contribution in [2.45, 2.75) is 6.92 Å². The maximum Gasteiger partial charge on any atom is 0.341 e. The quantitative estimate of drug-likeness (QED) is 0.376. The van der Waals surface area contributed by atoms with Crippen LogP contribution in [0.25, 0.3) is 0 Å². The van der Waals surface area contributed by atoms with Crippen molar-refractivity contribution in [3.05, 3.63) is 22.2 Å². The zero-order chi connectivity index (χ0) is 15.8. The highest BCUT2D eigenvalue weighted by Crippen LogP contribution is 2.36. The number of rotatable bonds is 7. The second-order valence-electron chi connectivity index (χ2n) is 3.68. The average Bonchev–Trinajstić information content (AvgIpc) is 2.37. The molecule has 0 atom stereocenters. The van der Waals surface area contributed by atoms with E-state index in [9.17, 15) is 4.79 Å². The van der Waals surface area contributed by atoms with Crippen molar-refractivity contribution in [1.29, 1.82) is 0 Å². The Kier molecular flexibility index (Phi) is 6.89. The molecule has 0 aliphatic rings. The van der Waals surface area contributed by atoms with Crippen LogP contribution in [0.5, 0.6) is 11.5 Å². The van der Waals surface area contributed by atoms with Crippen molar-refractivity contribution in [1.82, 2.24) is 5.43 Å². The van der Waals surface area contributed by atoms with Crippen LogP contribution < -0.4 is 20.6 Å². The zero-order valence-electron chi connectivity index (χ0n) is 11.1. The van der Waals surface area contributed by atoms with Gasteiger partial charge in [0.25, 0.3) is 0 Å². The number of thiocarbonyl (C=S) groups is 1. The van der Waals surface area contributed by atoms with E-state index in [2.05, 4.69) is 38.7 Å². The summed E-state index contributed by atoms with van der Waals surface area (Å²) in [5.41, 5.74) is 8.38. The van der Waals surface area contributed by atoms with Gasteiger partial charge in [0.05, 0.1) is 17.3 Å². The number of benzene rings is 1. The number of nitrogens with two attached hydrogens (primary N) is 1. The number of ether oxygens (including phenoxy) is 2. The molecule has 21 heavy (non-hydrogen) atoms. The van der Waals surface area contributed by atoms with Gasteiger partial charge in [-0.25, -0.2) is 4.79 Å². The molecule has 0 unspecified atom stereocenters. The van der Waals surface area contributed by atoms with Crippen molar-refractivity contribution >= 4 is 45.4 Å². The van der Waals surface area contributed by atoms with E-state index >= 15 is 0 Å². The van der Waals surface area contributed by atoms with Gasteiger partial charge in [0, 0.05) is 0 Å². The molecule has 1 aromatic carbocycles. The molecule has 0 heterocycles. The summed E-state index contributed by atoms with van der Waals surface area (Å²) in [5, 5.41) is 12.6. The molecule has 0 saturated carbocycles. The summed E-state index contributed by atoms with van der Waals surface area (Å²) < 4.78 is 11.2. The van der Waals surface area contributed by atoms with Crippen LogP contribution in [0, 0.1) is 0 Å². The van der Waals surface area contributed by atoms with Crippen molar-refractivity contribution in [3.8, 4) is 11.5 Å². The van der Waals surface area contributed by atoms with E-state index in [0.717, 1.165) is 0 Å². The molecule has 0 radical (unpaired) electrons. The Bertz CT molecular complexity index is 566. The van der Waals surface area contributed by atoms with Crippen molar-refractivity contribution in [2.24, 2.45) is 10.8 Å². The second-order valence-corrected chi connectivity index (χ2v) is 4.97. The number of halogens is 1. The highest BCUT2D eigenvalue weighted by molar-refractivity contribution is 9.10. The first-order valence-electron chi connectivity index (χ1n) is 5.83. The van der Waals surface area contributed by atoms with Gasteiger partial charge in [0.2, 0.25) is 0 Å². The lowest BCUT2D eigenvalue weighted by molar-refractivity contribution is -0.139. The SMILES string of the molecule is CCOc1cc(/C=N/NC(N)=S)cc(Br)c1OCC(=O)O. The summed E-state index contributed by atoms with van der Waals surface area (Å²) in [6.45, 7) is 1.75. The van der Waals surface area contributed by atoms with Crippen LogP contribution in [-0.4, -0.2) is 35.6 Å². The summed E-state index contributed by atoms with van der Waals surface area (Å²) in [6.07, 6.45) is 1.49. The highest BCUT2D eigenvalue weighted by atomic mass is 79.9. The summed E-state index contributed by atoms with van der Waals surface area (Å²) >= 11 is 7.94. The molecule has 4 N–H and O–H groups in total. The first-order valence-corrected chi connectivity index (χ1v) is 7.03. The summed E-state index contributed by atoms with van der Waals surface area (Å²) in [7, 11) is 0. The van der Waals surface area contributed by atoms with Crippen LogP contribution in [0.3, 0.4) is 0 Å². The molecule has 7 nitrogen and oxygen atoms in total. The molecule has 0 aliphatic carbocycles. The van der Waals surface area contributed by atoms with Gasteiger partial charge >= 0.3 is 5.97 Å². The number of hydrogen-bond acceptors (Lipinski definition) is 5. The predicted octanol–water partition coefficient (Wildman–Crippen LogP) is 1.48. The fraction of sp³-hybridized carbons (Fsp3) is 0.250. The Morgan fingerprint density at radius 1 is 1.57 bits per heavy atom. The number of aliphatic carboxylic acids is 1. The third-order valence-corrected chi connectivity index (χ3v) is 2.74. The number of hydrogen-bond donors (Lipinski definition) is 3. The number of carbonyl (C=O) groups is 1. The van der Waals surface area contributed by atoms with Crippen LogP contribution in [0.1, 0.15) is 12.5 Å². The number of carboxylic acids is 1. The minimum absolute atomic E-state index is 0.0526. The number of nitrogens with one attached hydrogen (secondary N) is 1. The molecule has 0 aromatic heterocycles. The Labute approximate surface area is 135 Å². The lowest BCUT2D eigenvalue weighted by Gasteiger charge is -2.13. The molecule has 0 bridgehead atoms. The van der Waals surface area contributed by atoms with Crippen molar-refractivity contribution in [3.63, 3.8) is 0 Å². The maximum atomic E-state index is 10.6. The number of hydrazone groups is 1. The third-order valence-electron chi connectivity index (χ3n) is 2.06. The van der Waals surface area contributed by atoms with E-state index in [-0.39, 0.29) is 5.11 Å². The molecule has 0 spiro atoms. The lowest BCUT2D eigenvalue weighted by atomic mass is 10.2. The Morgan fingerprint density at radius 3 is 2.86 bits per heavy atom. The van der Waals surface area contributed by atoms with Gasteiger partial charge < -0.3 is 20.3 Å². The largest absolute Gasteiger partial charge is 0.490 e. The van der Waals surface area contributed by atoms with E-state index in [1.807, 2.05) is 6.92 Å². The van der Waals surface area contributed by atoms with Gasteiger partial charge in [-0.05, 0) is 52.8 Å². The first kappa shape index (κ1) is 17.2. The normalized spacial score (nSPS) is 10.4. The molecular weight excluding hydrogens is 362 g/mol. The topological polar surface area (TPSA) is 106 Å². The van der Waals surface area contributed by atoms with E-state index in [4.69, 9.17) is 20.3 Å². The monoisotopic (exact) mass is 375 g/mol. The number of carboxylic acid groups (broad SMARTS) is 1. The fourth-order valence-electron chi connectivity index (χ4n) is 1.37. The smallest absolute Gasteiger partial charge is 0.341 e. The van der Waals surface area contributed by atoms with Crippen LogP contribution in [0.15, 0.2) is 21.7 Å². The molecule has 9 heteroatoms. The summed E-state index contributed by atoms with van der Waals surface area (Å²) in [6, 6.07) is 3.36. The van der Waals surface area contributed by atoms with E-state index < -0.39 is 12.6 Å². The van der Waals surface area contributed by atoms with Gasteiger partial charge in [-0.3, -0.25) is 5.43 Å². The zero-order valence-corrected chi connectivity index (χ0v) is 13.5. The van der Waals surface area contributed by atoms with Crippen LogP contribution in [-0.2, 0) is 4.79 Å². The lowest BCUT2D eigenvalue weighted by Crippen LogP contribution is -2.24. The second kappa shape index (κ2) is 8.42. The molecular formula is C12H14BrN3O4S. The van der Waals surface area contributed by atoms with Crippen LogP contribution >= 0.6 is 28.1 Å². The molecule has 0 aliphatic heterocycles. The van der Waals surface area contributed by atoms with Crippen LogP contribution in [0.2, 0.25) is 0 Å². The number of nitrogens with zero attached hydrogens (tertiary/aromatic N) is 1. The van der Waals surface area contributed by atoms with E-state index in [0.29, 0.717) is 28.1 Å². The maximum absolute atomic E-state index is 10.6. The first-order chi connectivity index (χ1) is 9.93. The predicted molar refractivity (Wildman–Crippen MR) is 86.0 cm³/mol. The minimum Gasteiger partial charge on any atom is -0.490 e. The van der Waals surface area contributed by atoms with Gasteiger partial charge in [0.15, 0.2) is 23.2 Å². The molecule has 0 fully saturated rings. The van der Waals surface area contributed by atoms with Gasteiger partial charge in [-0.2, -0.15) is 5.10 Å². The minimum atomic E-state index is -1.07. The van der Waals surface area contributed by atoms with Crippen molar-refractivity contribution < 1.29 is 19.4 Å². The standard InChI is InChI=1S/C12H14BrN3O4S/c1-2-19-9-4-7(5-15-16-12(14)21)3-8(13)11(9)20-6-10(17)18/h3-5H,2,6H2,1H3,(H,17,18)(H3,14,16,21)/b15-5+. The van der Waals surface area contributed by atoms with Crippen LogP contribution in [0.4, 0.5) is 0 Å². The Hall–Kier alpha value is -1.87. The Morgan fingerprint density at radius 2 is 2.29 bits per heavy atom. The van der Waals surface area contributed by atoms with Gasteiger partial charge in [-0.15, -0.1) is 0 Å². The molecule has 1 rings (SSSR count). The van der Waals surface area contributed by atoms with E-state index in [1.54, 1.807) is 12.1 Å². The van der Waals surface area contributed by atoms with Crippen molar-refractivity contribution in [2.75, 3.05) is 13.2 Å². The molecule has 0 saturated heterocycles. The highest BCUT2D eigenvalue weighted by Gasteiger charge is 2.13.